The lowest BCUT2D eigenvalue weighted by molar-refractivity contribution is -0.122. The van der Waals surface area contributed by atoms with Crippen molar-refractivity contribution >= 4 is 28.8 Å². The second-order valence-electron chi connectivity index (χ2n) is 5.87. The van der Waals surface area contributed by atoms with Crippen LogP contribution in [0.4, 0.5) is 5.69 Å². The molecule has 0 saturated heterocycles. The molecule has 1 atom stereocenters. The molecule has 0 aromatic heterocycles. The normalized spacial score (nSPS) is 21.1. The van der Waals surface area contributed by atoms with Crippen molar-refractivity contribution in [3.63, 3.8) is 0 Å². The van der Waals surface area contributed by atoms with E-state index in [1.807, 2.05) is 24.3 Å². The van der Waals surface area contributed by atoms with Crippen LogP contribution in [-0.4, -0.2) is 10.9 Å². The second kappa shape index (κ2) is 5.29. The highest BCUT2D eigenvalue weighted by atomic mass is 32.1. The van der Waals surface area contributed by atoms with Crippen LogP contribution >= 0.6 is 12.2 Å². The quantitative estimate of drug-likeness (QED) is 0.834. The van der Waals surface area contributed by atoms with E-state index in [1.165, 1.54) is 0 Å². The number of benzene rings is 1. The van der Waals surface area contributed by atoms with Crippen molar-refractivity contribution in [3.05, 3.63) is 29.8 Å². The maximum Gasteiger partial charge on any atom is 0.228 e. The van der Waals surface area contributed by atoms with Gasteiger partial charge in [-0.05, 0) is 30.4 Å². The van der Waals surface area contributed by atoms with Crippen LogP contribution in [-0.2, 0) is 4.79 Å². The molecule has 2 rings (SSSR count). The van der Waals surface area contributed by atoms with Crippen LogP contribution in [0.3, 0.4) is 0 Å². The van der Waals surface area contributed by atoms with E-state index in [-0.39, 0.29) is 17.2 Å². The molecule has 1 aliphatic carbocycles. The monoisotopic (exact) mass is 276 g/mol. The van der Waals surface area contributed by atoms with Gasteiger partial charge >= 0.3 is 0 Å². The van der Waals surface area contributed by atoms with Gasteiger partial charge in [-0.15, -0.1) is 0 Å². The highest BCUT2D eigenvalue weighted by Crippen LogP contribution is 2.43. The Bertz CT molecular complexity index is 511. The number of carbonyl (C=O) groups is 1. The van der Waals surface area contributed by atoms with Crippen molar-refractivity contribution in [2.24, 2.45) is 17.1 Å². The third-order valence-electron chi connectivity index (χ3n) is 3.99. The minimum atomic E-state index is 0.0842. The fourth-order valence-electron chi connectivity index (χ4n) is 2.79. The van der Waals surface area contributed by atoms with Crippen LogP contribution in [0.1, 0.15) is 38.7 Å². The smallest absolute Gasteiger partial charge is 0.228 e. The molecule has 1 aliphatic rings. The van der Waals surface area contributed by atoms with Gasteiger partial charge in [-0.2, -0.15) is 0 Å². The second-order valence-corrected chi connectivity index (χ2v) is 6.31. The number of hydrogen-bond donors (Lipinski definition) is 2. The molecule has 0 radical (unpaired) electrons. The number of amides is 1. The van der Waals surface area contributed by atoms with E-state index < -0.39 is 0 Å². The molecule has 4 heteroatoms. The first-order chi connectivity index (χ1) is 8.90. The number of carbonyl (C=O) groups excluding carboxylic acids is 1. The molecule has 3 N–H and O–H groups in total. The fourth-order valence-corrected chi connectivity index (χ4v) is 2.92. The number of anilines is 1. The van der Waals surface area contributed by atoms with Gasteiger partial charge in [0, 0.05) is 17.2 Å². The minimum absolute atomic E-state index is 0.0842. The van der Waals surface area contributed by atoms with Crippen molar-refractivity contribution < 1.29 is 4.79 Å². The topological polar surface area (TPSA) is 55.1 Å². The fraction of sp³-hybridized carbons (Fsp3) is 0.467. The lowest BCUT2D eigenvalue weighted by Gasteiger charge is -2.25. The van der Waals surface area contributed by atoms with E-state index >= 15 is 0 Å². The SMILES string of the molecule is CC1(C)CCCC1C(=O)Nc1cccc(C(N)=S)c1. The van der Waals surface area contributed by atoms with E-state index in [4.69, 9.17) is 18.0 Å². The van der Waals surface area contributed by atoms with Crippen molar-refractivity contribution in [1.82, 2.24) is 0 Å². The number of nitrogens with two attached hydrogens (primary N) is 1. The van der Waals surface area contributed by atoms with Crippen molar-refractivity contribution in [2.75, 3.05) is 5.32 Å². The molecule has 1 aromatic rings. The molecule has 3 nitrogen and oxygen atoms in total. The number of rotatable bonds is 3. The Morgan fingerprint density at radius 2 is 2.21 bits per heavy atom. The standard InChI is InChI=1S/C15H20N2OS/c1-15(2)8-4-7-12(15)14(18)17-11-6-3-5-10(9-11)13(16)19/h3,5-6,9,12H,4,7-8H2,1-2H3,(H2,16,19)(H,17,18). The summed E-state index contributed by atoms with van der Waals surface area (Å²) in [6.45, 7) is 4.32. The highest BCUT2D eigenvalue weighted by molar-refractivity contribution is 7.80. The Labute approximate surface area is 119 Å². The summed E-state index contributed by atoms with van der Waals surface area (Å²) in [5.74, 6) is 0.184. The van der Waals surface area contributed by atoms with Gasteiger partial charge in [0.05, 0.1) is 0 Å². The van der Waals surface area contributed by atoms with Crippen LogP contribution in [0, 0.1) is 11.3 Å². The van der Waals surface area contributed by atoms with Gasteiger partial charge in [0.25, 0.3) is 0 Å². The van der Waals surface area contributed by atoms with E-state index in [2.05, 4.69) is 19.2 Å². The molecular formula is C15H20N2OS. The lowest BCUT2D eigenvalue weighted by Crippen LogP contribution is -2.30. The average Bonchev–Trinajstić information content (AvgIpc) is 2.69. The Morgan fingerprint density at radius 1 is 1.47 bits per heavy atom. The molecule has 0 heterocycles. The van der Waals surface area contributed by atoms with Crippen LogP contribution in [0.15, 0.2) is 24.3 Å². The van der Waals surface area contributed by atoms with Gasteiger partial charge in [-0.1, -0.05) is 44.6 Å². The summed E-state index contributed by atoms with van der Waals surface area (Å²) < 4.78 is 0. The first kappa shape index (κ1) is 14.0. The molecule has 19 heavy (non-hydrogen) atoms. The van der Waals surface area contributed by atoms with Crippen LogP contribution in [0.5, 0.6) is 0 Å². The first-order valence-corrected chi connectivity index (χ1v) is 7.02. The predicted molar refractivity (Wildman–Crippen MR) is 82.1 cm³/mol. The van der Waals surface area contributed by atoms with Gasteiger partial charge in [0.15, 0.2) is 0 Å². The minimum Gasteiger partial charge on any atom is -0.389 e. The lowest BCUT2D eigenvalue weighted by atomic mass is 9.81. The van der Waals surface area contributed by atoms with Crippen LogP contribution in [0.25, 0.3) is 0 Å². The molecule has 1 saturated carbocycles. The van der Waals surface area contributed by atoms with Gasteiger partial charge in [0.1, 0.15) is 4.99 Å². The zero-order valence-corrected chi connectivity index (χ0v) is 12.2. The van der Waals surface area contributed by atoms with Gasteiger partial charge < -0.3 is 11.1 Å². The summed E-state index contributed by atoms with van der Waals surface area (Å²) >= 11 is 4.94. The molecule has 1 unspecified atom stereocenters. The summed E-state index contributed by atoms with van der Waals surface area (Å²) in [6, 6.07) is 7.38. The third-order valence-corrected chi connectivity index (χ3v) is 4.22. The molecule has 1 amide bonds. The van der Waals surface area contributed by atoms with E-state index in [9.17, 15) is 4.79 Å². The van der Waals surface area contributed by atoms with Gasteiger partial charge in [0.2, 0.25) is 5.91 Å². The summed E-state index contributed by atoms with van der Waals surface area (Å²) in [7, 11) is 0. The summed E-state index contributed by atoms with van der Waals surface area (Å²) in [6.07, 6.45) is 3.20. The van der Waals surface area contributed by atoms with Gasteiger partial charge in [-0.3, -0.25) is 4.79 Å². The first-order valence-electron chi connectivity index (χ1n) is 6.61. The summed E-state index contributed by atoms with van der Waals surface area (Å²) in [4.78, 5) is 12.7. The molecule has 1 fully saturated rings. The van der Waals surface area contributed by atoms with Crippen LogP contribution < -0.4 is 11.1 Å². The number of hydrogen-bond acceptors (Lipinski definition) is 2. The summed E-state index contributed by atoms with van der Waals surface area (Å²) in [5.41, 5.74) is 7.22. The molecule has 102 valence electrons. The van der Waals surface area contributed by atoms with Gasteiger partial charge in [-0.25, -0.2) is 0 Å². The zero-order chi connectivity index (χ0) is 14.0. The average molecular weight is 276 g/mol. The maximum absolute atomic E-state index is 12.3. The third kappa shape index (κ3) is 3.13. The maximum atomic E-state index is 12.3. The molecule has 0 spiro atoms. The van der Waals surface area contributed by atoms with Crippen molar-refractivity contribution in [1.29, 1.82) is 0 Å². The molecule has 0 aliphatic heterocycles. The highest BCUT2D eigenvalue weighted by Gasteiger charge is 2.39. The largest absolute Gasteiger partial charge is 0.389 e. The van der Waals surface area contributed by atoms with E-state index in [0.717, 1.165) is 30.5 Å². The molecule has 1 aromatic carbocycles. The summed E-state index contributed by atoms with van der Waals surface area (Å²) in [5, 5.41) is 2.98. The molecular weight excluding hydrogens is 256 g/mol. The zero-order valence-electron chi connectivity index (χ0n) is 11.4. The number of nitrogens with one attached hydrogen (secondary N) is 1. The van der Waals surface area contributed by atoms with E-state index in [0.29, 0.717) is 4.99 Å². The Balaban J connectivity index is 2.11. The number of thiocarbonyl (C=S) groups is 1. The Hall–Kier alpha value is -1.42. The van der Waals surface area contributed by atoms with E-state index in [1.54, 1.807) is 0 Å². The molecule has 0 bridgehead atoms. The predicted octanol–water partition coefficient (Wildman–Crippen LogP) is 3.09. The van der Waals surface area contributed by atoms with Crippen molar-refractivity contribution in [3.8, 4) is 0 Å². The van der Waals surface area contributed by atoms with Crippen LogP contribution in [0.2, 0.25) is 0 Å². The Kier molecular flexibility index (Phi) is 3.90. The van der Waals surface area contributed by atoms with Crippen molar-refractivity contribution in [2.45, 2.75) is 33.1 Å². The Morgan fingerprint density at radius 3 is 2.79 bits per heavy atom.